The van der Waals surface area contributed by atoms with Crippen LogP contribution in [0.25, 0.3) is 0 Å². The Morgan fingerprint density at radius 1 is 0.833 bits per heavy atom. The lowest BCUT2D eigenvalue weighted by molar-refractivity contribution is 0.0950. The highest BCUT2D eigenvalue weighted by atomic mass is 32.2. The van der Waals surface area contributed by atoms with Crippen molar-refractivity contribution < 1.29 is 4.79 Å². The fourth-order valence-electron chi connectivity index (χ4n) is 2.49. The first-order chi connectivity index (χ1) is 14.8. The molecule has 7 nitrogen and oxygen atoms in total. The summed E-state index contributed by atoms with van der Waals surface area (Å²) in [6.45, 7) is 1.17. The van der Waals surface area contributed by atoms with E-state index in [9.17, 15) is 4.79 Å². The van der Waals surface area contributed by atoms with Crippen LogP contribution >= 0.6 is 34.4 Å². The highest BCUT2D eigenvalue weighted by Crippen LogP contribution is 2.29. The number of carbonyl (C=O) groups is 1. The first kappa shape index (κ1) is 20.5. The molecular weight excluding hydrogens is 436 g/mol. The largest absolute Gasteiger partial charge is 0.356 e. The van der Waals surface area contributed by atoms with E-state index in [0.717, 1.165) is 20.0 Å². The van der Waals surface area contributed by atoms with Gasteiger partial charge in [-0.3, -0.25) is 4.79 Å². The van der Waals surface area contributed by atoms with Crippen LogP contribution in [0.2, 0.25) is 0 Å². The fraction of sp³-hybridized carbons (Fsp3) is 0.150. The van der Waals surface area contributed by atoms with Gasteiger partial charge in [-0.2, -0.15) is 0 Å². The fourth-order valence-corrected chi connectivity index (χ4v) is 4.98. The Morgan fingerprint density at radius 2 is 1.53 bits per heavy atom. The van der Waals surface area contributed by atoms with Gasteiger partial charge in [0.15, 0.2) is 4.34 Å². The van der Waals surface area contributed by atoms with Crippen molar-refractivity contribution in [2.75, 3.05) is 5.32 Å². The van der Waals surface area contributed by atoms with E-state index in [-0.39, 0.29) is 5.91 Å². The van der Waals surface area contributed by atoms with Crippen LogP contribution in [0.15, 0.2) is 65.0 Å². The van der Waals surface area contributed by atoms with Crippen LogP contribution in [0, 0.1) is 0 Å². The average Bonchev–Trinajstić information content (AvgIpc) is 3.46. The second kappa shape index (κ2) is 10.3. The van der Waals surface area contributed by atoms with Crippen LogP contribution in [0.5, 0.6) is 0 Å². The van der Waals surface area contributed by atoms with Crippen LogP contribution in [0.4, 0.5) is 5.13 Å². The molecule has 2 aromatic heterocycles. The molecule has 2 N–H and O–H groups in total. The van der Waals surface area contributed by atoms with E-state index in [2.05, 4.69) is 43.2 Å². The molecule has 10 heteroatoms. The minimum Gasteiger partial charge on any atom is -0.356 e. The van der Waals surface area contributed by atoms with Gasteiger partial charge in [-0.1, -0.05) is 95.1 Å². The molecule has 0 aliphatic heterocycles. The Kier molecular flexibility index (Phi) is 7.01. The third-order valence-corrected chi connectivity index (χ3v) is 7.10. The Bertz CT molecular complexity index is 1080. The maximum Gasteiger partial charge on any atom is 0.282 e. The van der Waals surface area contributed by atoms with Gasteiger partial charge in [0.05, 0.1) is 5.75 Å². The number of thioether (sulfide) groups is 1. The number of nitrogens with zero attached hydrogens (tertiary/aromatic N) is 4. The number of aromatic nitrogens is 4. The Hall–Kier alpha value is -2.82. The van der Waals surface area contributed by atoms with Crippen LogP contribution in [0.1, 0.15) is 25.9 Å². The number of hydrogen-bond acceptors (Lipinski definition) is 9. The molecule has 4 aromatic rings. The molecular formula is C20H18N6OS3. The molecule has 30 heavy (non-hydrogen) atoms. The summed E-state index contributed by atoms with van der Waals surface area (Å²) in [6, 6.07) is 19.9. The average molecular weight is 455 g/mol. The van der Waals surface area contributed by atoms with Crippen LogP contribution in [0.3, 0.4) is 0 Å². The summed E-state index contributed by atoms with van der Waals surface area (Å²) in [4.78, 5) is 12.3. The van der Waals surface area contributed by atoms with Crippen molar-refractivity contribution in [3.63, 3.8) is 0 Å². The lowest BCUT2D eigenvalue weighted by Crippen LogP contribution is -2.22. The zero-order valence-electron chi connectivity index (χ0n) is 15.8. The number of anilines is 1. The molecule has 4 rings (SSSR count). The number of benzene rings is 2. The van der Waals surface area contributed by atoms with Gasteiger partial charge in [-0.15, -0.1) is 20.4 Å². The van der Waals surface area contributed by atoms with Crippen molar-refractivity contribution in [3.8, 4) is 0 Å². The second-order valence-corrected chi connectivity index (χ2v) is 9.43. The molecule has 152 valence electrons. The molecule has 0 bridgehead atoms. The first-order valence-corrected chi connectivity index (χ1v) is 11.8. The van der Waals surface area contributed by atoms with E-state index in [4.69, 9.17) is 0 Å². The van der Waals surface area contributed by atoms with Crippen LogP contribution < -0.4 is 10.6 Å². The lowest BCUT2D eigenvalue weighted by atomic mass is 10.2. The number of amides is 1. The topological polar surface area (TPSA) is 92.7 Å². The monoisotopic (exact) mass is 454 g/mol. The molecule has 2 aromatic carbocycles. The van der Waals surface area contributed by atoms with E-state index >= 15 is 0 Å². The second-order valence-electron chi connectivity index (χ2n) is 6.17. The SMILES string of the molecule is O=C(NCc1ccccc1)c1nnc(CSc2nnc(NCc3ccccc3)s2)s1. The molecule has 2 heterocycles. The van der Waals surface area contributed by atoms with E-state index in [1.807, 2.05) is 48.5 Å². The predicted molar refractivity (Wildman–Crippen MR) is 121 cm³/mol. The summed E-state index contributed by atoms with van der Waals surface area (Å²) < 4.78 is 0.843. The van der Waals surface area contributed by atoms with Gasteiger partial charge >= 0.3 is 0 Å². The van der Waals surface area contributed by atoms with Gasteiger partial charge in [-0.05, 0) is 11.1 Å². The van der Waals surface area contributed by atoms with Crippen molar-refractivity contribution in [3.05, 3.63) is 81.8 Å². The zero-order valence-corrected chi connectivity index (χ0v) is 18.3. The summed E-state index contributed by atoms with van der Waals surface area (Å²) in [7, 11) is 0. The molecule has 0 spiro atoms. The maximum atomic E-state index is 12.3. The summed E-state index contributed by atoms with van der Waals surface area (Å²) in [5, 5.41) is 24.6. The van der Waals surface area contributed by atoms with Crippen molar-refractivity contribution in [1.29, 1.82) is 0 Å². The lowest BCUT2D eigenvalue weighted by Gasteiger charge is -2.02. The standard InChI is InChI=1S/C20H18N6OS3/c27-17(21-11-14-7-3-1-4-8-14)18-24-23-16(29-18)13-28-20-26-25-19(30-20)22-12-15-9-5-2-6-10-15/h1-10H,11-13H2,(H,21,27)(H,22,25). The van der Waals surface area contributed by atoms with Crippen molar-refractivity contribution in [2.45, 2.75) is 23.2 Å². The summed E-state index contributed by atoms with van der Waals surface area (Å²) in [5.41, 5.74) is 2.23. The summed E-state index contributed by atoms with van der Waals surface area (Å²) in [6.07, 6.45) is 0. The Morgan fingerprint density at radius 3 is 2.27 bits per heavy atom. The van der Waals surface area contributed by atoms with E-state index in [1.165, 1.54) is 40.0 Å². The van der Waals surface area contributed by atoms with Gasteiger partial charge in [0.25, 0.3) is 5.91 Å². The maximum absolute atomic E-state index is 12.3. The molecule has 0 aliphatic rings. The molecule has 0 atom stereocenters. The normalized spacial score (nSPS) is 10.7. The van der Waals surface area contributed by atoms with Gasteiger partial charge in [-0.25, -0.2) is 0 Å². The van der Waals surface area contributed by atoms with Crippen LogP contribution in [-0.2, 0) is 18.8 Å². The van der Waals surface area contributed by atoms with E-state index < -0.39 is 0 Å². The van der Waals surface area contributed by atoms with Gasteiger partial charge in [0.2, 0.25) is 10.1 Å². The minimum absolute atomic E-state index is 0.212. The third kappa shape index (κ3) is 5.85. The quantitative estimate of drug-likeness (QED) is 0.366. The number of rotatable bonds is 9. The van der Waals surface area contributed by atoms with Crippen molar-refractivity contribution in [2.24, 2.45) is 0 Å². The highest BCUT2D eigenvalue weighted by Gasteiger charge is 2.14. The summed E-state index contributed by atoms with van der Waals surface area (Å²) >= 11 is 4.32. The first-order valence-electron chi connectivity index (χ1n) is 9.15. The number of nitrogens with one attached hydrogen (secondary N) is 2. The smallest absolute Gasteiger partial charge is 0.282 e. The van der Waals surface area contributed by atoms with Crippen molar-refractivity contribution in [1.82, 2.24) is 25.7 Å². The van der Waals surface area contributed by atoms with Crippen LogP contribution in [-0.4, -0.2) is 26.3 Å². The molecule has 1 amide bonds. The van der Waals surface area contributed by atoms with Crippen molar-refractivity contribution >= 4 is 45.5 Å². The summed E-state index contributed by atoms with van der Waals surface area (Å²) in [5.74, 6) is 0.382. The molecule has 0 fully saturated rings. The molecule has 0 radical (unpaired) electrons. The van der Waals surface area contributed by atoms with Gasteiger partial charge in [0.1, 0.15) is 5.01 Å². The molecule has 0 saturated heterocycles. The van der Waals surface area contributed by atoms with Gasteiger partial charge < -0.3 is 10.6 Å². The zero-order chi connectivity index (χ0) is 20.6. The Balaban J connectivity index is 1.24. The predicted octanol–water partition coefficient (Wildman–Crippen LogP) is 4.22. The number of hydrogen-bond donors (Lipinski definition) is 2. The minimum atomic E-state index is -0.212. The Labute approximate surface area is 186 Å². The number of carbonyl (C=O) groups excluding carboxylic acids is 1. The van der Waals surface area contributed by atoms with Gasteiger partial charge in [0, 0.05) is 13.1 Å². The third-order valence-electron chi connectivity index (χ3n) is 3.97. The van der Waals surface area contributed by atoms with E-state index in [1.54, 1.807) is 0 Å². The van der Waals surface area contributed by atoms with E-state index in [0.29, 0.717) is 23.8 Å². The molecule has 0 aliphatic carbocycles. The molecule has 0 unspecified atom stereocenters. The molecule has 0 saturated carbocycles. The highest BCUT2D eigenvalue weighted by molar-refractivity contribution is 8.00.